The zero-order chi connectivity index (χ0) is 26.2. The molecule has 1 unspecified atom stereocenters. The number of rotatable bonds is 10. The molecule has 4 rings (SSSR count). The van der Waals surface area contributed by atoms with Gasteiger partial charge in [-0.3, -0.25) is 4.79 Å². The van der Waals surface area contributed by atoms with Gasteiger partial charge in [0, 0.05) is 23.5 Å². The van der Waals surface area contributed by atoms with E-state index >= 15 is 0 Å². The summed E-state index contributed by atoms with van der Waals surface area (Å²) in [7, 11) is 0. The van der Waals surface area contributed by atoms with Crippen molar-refractivity contribution < 1.29 is 14.7 Å². The minimum absolute atomic E-state index is 0. The zero-order valence-electron chi connectivity index (χ0n) is 19.3. The van der Waals surface area contributed by atoms with Gasteiger partial charge in [-0.15, -0.1) is 11.3 Å². The third kappa shape index (κ3) is 7.86. The van der Waals surface area contributed by atoms with Crippen molar-refractivity contribution in [1.82, 2.24) is 20.3 Å². The third-order valence-corrected chi connectivity index (χ3v) is 6.54. The van der Waals surface area contributed by atoms with Crippen LogP contribution in [-0.2, 0) is 11.3 Å². The number of hydrogen-bond acceptors (Lipinski definition) is 7. The fourth-order valence-electron chi connectivity index (χ4n) is 3.46. The molecule has 190 valence electrons. The molecule has 0 radical (unpaired) electrons. The minimum atomic E-state index is -1.17. The number of carboxylic acid groups (broad SMARTS) is 1. The predicted molar refractivity (Wildman–Crippen MR) is 153 cm³/mol. The van der Waals surface area contributed by atoms with Crippen LogP contribution in [-0.4, -0.2) is 67.5 Å². The van der Waals surface area contributed by atoms with Crippen molar-refractivity contribution in [2.45, 2.75) is 19.0 Å². The monoisotopic (exact) mass is 577 g/mol. The number of carbonyl (C=O) groups excluding carboxylic acids is 1. The third-order valence-electron chi connectivity index (χ3n) is 5.28. The molecule has 0 spiro atoms. The summed E-state index contributed by atoms with van der Waals surface area (Å²) in [6.45, 7) is 0.512. The second-order valence-corrected chi connectivity index (χ2v) is 9.34. The molecule has 8 nitrogen and oxygen atoms in total. The molecule has 12 heteroatoms. The van der Waals surface area contributed by atoms with Gasteiger partial charge in [0.1, 0.15) is 6.04 Å². The molecule has 0 aliphatic rings. The van der Waals surface area contributed by atoms with E-state index in [2.05, 4.69) is 20.3 Å². The van der Waals surface area contributed by atoms with Gasteiger partial charge in [0.2, 0.25) is 5.95 Å². The molecule has 1 atom stereocenters. The van der Waals surface area contributed by atoms with Crippen LogP contribution in [0.1, 0.15) is 28.0 Å². The normalized spacial score (nSPS) is 11.5. The van der Waals surface area contributed by atoms with Gasteiger partial charge in [0.25, 0.3) is 5.91 Å². The Morgan fingerprint density at radius 1 is 1.03 bits per heavy atom. The molecule has 0 fully saturated rings. The number of anilines is 2. The summed E-state index contributed by atoms with van der Waals surface area (Å²) in [6, 6.07) is 12.9. The van der Waals surface area contributed by atoms with Crippen molar-refractivity contribution in [2.24, 2.45) is 0 Å². The van der Waals surface area contributed by atoms with E-state index in [1.807, 2.05) is 34.5 Å². The molecule has 2 heterocycles. The van der Waals surface area contributed by atoms with Crippen LogP contribution >= 0.6 is 34.5 Å². The second kappa shape index (κ2) is 14.4. The first kappa shape index (κ1) is 29.8. The van der Waals surface area contributed by atoms with Crippen LogP contribution in [0, 0.1) is 0 Å². The van der Waals surface area contributed by atoms with E-state index in [1.165, 1.54) is 23.5 Å². The molecule has 0 bridgehead atoms. The van der Waals surface area contributed by atoms with Crippen LogP contribution in [0.25, 0.3) is 6.08 Å². The number of nitrogens with zero attached hydrogens (tertiary/aromatic N) is 4. The maximum atomic E-state index is 12.6. The van der Waals surface area contributed by atoms with E-state index in [4.69, 9.17) is 23.2 Å². The van der Waals surface area contributed by atoms with E-state index in [0.29, 0.717) is 12.5 Å². The Kier molecular flexibility index (Phi) is 11.3. The fraction of sp³-hybridized carbons (Fsp3) is 0.115. The van der Waals surface area contributed by atoms with E-state index < -0.39 is 17.9 Å². The molecule has 4 aromatic rings. The first-order valence-electron chi connectivity index (χ1n) is 11.1. The predicted octanol–water partition coefficient (Wildman–Crippen LogP) is 5.22. The molecule has 2 N–H and O–H groups in total. The average molecular weight is 578 g/mol. The van der Waals surface area contributed by atoms with Gasteiger partial charge in [-0.25, -0.2) is 19.7 Å². The van der Waals surface area contributed by atoms with Crippen LogP contribution in [0.15, 0.2) is 77.9 Å². The standard InChI is InChI=1S/C26H21Cl2N5O3S.Na.H/c27-20-5-2-6-21(28)23(20)24(34)32-22(25(35)36)7-1-4-17-8-10-19(11-9-17)33(14-18-15-37-16-31-18)26-29-12-3-13-30-26;;/h1-6,8-13,15-16,22H,7,14H2,(H,32,34)(H,35,36);;/b4-1+;;. The summed E-state index contributed by atoms with van der Waals surface area (Å²) in [5.41, 5.74) is 4.46. The molecule has 0 saturated heterocycles. The van der Waals surface area contributed by atoms with Gasteiger partial charge in [-0.05, 0) is 42.3 Å². The van der Waals surface area contributed by atoms with Gasteiger partial charge in [-0.2, -0.15) is 0 Å². The topological polar surface area (TPSA) is 108 Å². The average Bonchev–Trinajstić information content (AvgIpc) is 3.41. The van der Waals surface area contributed by atoms with Crippen LogP contribution in [0.3, 0.4) is 0 Å². The number of halogens is 2. The van der Waals surface area contributed by atoms with Crippen molar-refractivity contribution in [3.05, 3.63) is 105 Å². The van der Waals surface area contributed by atoms with Crippen LogP contribution in [0.2, 0.25) is 10.0 Å². The van der Waals surface area contributed by atoms with E-state index in [0.717, 1.165) is 16.9 Å². The van der Waals surface area contributed by atoms with Gasteiger partial charge in [0.15, 0.2) is 0 Å². The molecule has 2 aromatic heterocycles. The number of amides is 1. The number of aromatic nitrogens is 3. The van der Waals surface area contributed by atoms with Gasteiger partial charge >= 0.3 is 35.5 Å². The summed E-state index contributed by atoms with van der Waals surface area (Å²) < 4.78 is 0. The van der Waals surface area contributed by atoms with E-state index in [-0.39, 0.29) is 51.6 Å². The SMILES string of the molecule is O=C(NC(C/C=C/c1ccc(N(Cc2cscn2)c2ncccn2)cc1)C(=O)O)c1c(Cl)cccc1Cl.[NaH]. The van der Waals surface area contributed by atoms with Crippen molar-refractivity contribution in [2.75, 3.05) is 4.90 Å². The number of thiazole rings is 1. The maximum absolute atomic E-state index is 12.6. The molecular weight excluding hydrogens is 556 g/mol. The second-order valence-electron chi connectivity index (χ2n) is 7.81. The molecular formula is C26H22Cl2N5NaO3S. The number of carboxylic acids is 1. The Balaban J connectivity index is 0.00000400. The Morgan fingerprint density at radius 2 is 1.71 bits per heavy atom. The molecule has 38 heavy (non-hydrogen) atoms. The zero-order valence-corrected chi connectivity index (χ0v) is 21.6. The van der Waals surface area contributed by atoms with E-state index in [1.54, 1.807) is 42.2 Å². The molecule has 2 aromatic carbocycles. The number of benzene rings is 2. The fourth-order valence-corrected chi connectivity index (χ4v) is 4.58. The summed E-state index contributed by atoms with van der Waals surface area (Å²) in [4.78, 5) is 39.4. The number of carbonyl (C=O) groups is 2. The first-order chi connectivity index (χ1) is 17.9. The molecule has 1 amide bonds. The Morgan fingerprint density at radius 3 is 2.32 bits per heavy atom. The molecule has 0 aliphatic heterocycles. The van der Waals surface area contributed by atoms with Gasteiger partial charge in [-0.1, -0.05) is 53.6 Å². The van der Waals surface area contributed by atoms with Crippen molar-refractivity contribution in [3.8, 4) is 0 Å². The summed E-state index contributed by atoms with van der Waals surface area (Å²) in [6.07, 6.45) is 6.92. The number of nitrogens with one attached hydrogen (secondary N) is 1. The summed E-state index contributed by atoms with van der Waals surface area (Å²) >= 11 is 13.7. The van der Waals surface area contributed by atoms with Crippen molar-refractivity contribution in [1.29, 1.82) is 0 Å². The Hall–Kier alpha value is -2.79. The van der Waals surface area contributed by atoms with E-state index in [9.17, 15) is 14.7 Å². The number of hydrogen-bond donors (Lipinski definition) is 2. The Labute approximate surface area is 255 Å². The molecule has 0 saturated carbocycles. The summed E-state index contributed by atoms with van der Waals surface area (Å²) in [5.74, 6) is -1.27. The molecule has 0 aliphatic carbocycles. The van der Waals surface area contributed by atoms with Crippen LogP contribution in [0.4, 0.5) is 11.6 Å². The summed E-state index contributed by atoms with van der Waals surface area (Å²) in [5, 5.41) is 14.3. The van der Waals surface area contributed by atoms with Crippen molar-refractivity contribution in [3.63, 3.8) is 0 Å². The van der Waals surface area contributed by atoms with Crippen LogP contribution < -0.4 is 10.2 Å². The first-order valence-corrected chi connectivity index (χ1v) is 12.8. The van der Waals surface area contributed by atoms with Gasteiger partial charge < -0.3 is 15.3 Å². The van der Waals surface area contributed by atoms with Gasteiger partial charge in [0.05, 0.1) is 33.4 Å². The quantitative estimate of drug-likeness (QED) is 0.249. The van der Waals surface area contributed by atoms with Crippen molar-refractivity contribution >= 4 is 93.7 Å². The Bertz CT molecular complexity index is 1370. The number of aliphatic carboxylic acids is 1. The van der Waals surface area contributed by atoms with Crippen LogP contribution in [0.5, 0.6) is 0 Å².